The zero-order valence-electron chi connectivity index (χ0n) is 9.13. The second-order valence-electron chi connectivity index (χ2n) is 4.42. The molecule has 15 heavy (non-hydrogen) atoms. The largest absolute Gasteiger partial charge is 0.360 e. The molecule has 0 saturated carbocycles. The maximum absolute atomic E-state index is 13.4. The van der Waals surface area contributed by atoms with Gasteiger partial charge in [0.2, 0.25) is 0 Å². The number of halogens is 2. The van der Waals surface area contributed by atoms with Crippen molar-refractivity contribution in [2.75, 3.05) is 0 Å². The molecule has 0 aliphatic rings. The first kappa shape index (κ1) is 12.0. The fourth-order valence-electron chi connectivity index (χ4n) is 0.874. The van der Waals surface area contributed by atoms with E-state index in [2.05, 4.69) is 9.72 Å². The van der Waals surface area contributed by atoms with E-state index < -0.39 is 11.5 Å². The van der Waals surface area contributed by atoms with E-state index in [1.807, 2.05) is 0 Å². The van der Waals surface area contributed by atoms with Gasteiger partial charge in [0.05, 0.1) is 12.0 Å². The minimum Gasteiger partial charge on any atom is -0.315 e. The van der Waals surface area contributed by atoms with Crippen LogP contribution in [0.3, 0.4) is 0 Å². The molecule has 0 amide bonds. The summed E-state index contributed by atoms with van der Waals surface area (Å²) in [6, 6.07) is 3.39. The molecule has 0 radical (unpaired) electrons. The molecule has 0 fully saturated rings. The van der Waals surface area contributed by atoms with Gasteiger partial charge in [0.15, 0.2) is 0 Å². The van der Waals surface area contributed by atoms with Crippen molar-refractivity contribution in [3.05, 3.63) is 30.1 Å². The standard InChI is InChI=1S/C11H15F2NO/c1-10(2,3)11(12,13)15-8-9-5-4-6-14-7-9/h4-7H,8H2,1-3H3. The van der Waals surface area contributed by atoms with Crippen LogP contribution in [0.5, 0.6) is 0 Å². The van der Waals surface area contributed by atoms with E-state index in [1.165, 1.54) is 27.0 Å². The van der Waals surface area contributed by atoms with E-state index in [9.17, 15) is 8.78 Å². The Balaban J connectivity index is 2.58. The minimum atomic E-state index is -3.14. The molecule has 4 heteroatoms. The van der Waals surface area contributed by atoms with Gasteiger partial charge in [-0.05, 0) is 11.6 Å². The van der Waals surface area contributed by atoms with E-state index in [0.29, 0.717) is 5.56 Å². The molecule has 1 aromatic heterocycles. The zero-order valence-corrected chi connectivity index (χ0v) is 9.13. The molecule has 0 aliphatic carbocycles. The highest BCUT2D eigenvalue weighted by Crippen LogP contribution is 2.37. The smallest absolute Gasteiger partial charge is 0.315 e. The van der Waals surface area contributed by atoms with Crippen molar-refractivity contribution in [1.82, 2.24) is 4.98 Å². The topological polar surface area (TPSA) is 22.1 Å². The average molecular weight is 215 g/mol. The van der Waals surface area contributed by atoms with Gasteiger partial charge in [0.25, 0.3) is 0 Å². The van der Waals surface area contributed by atoms with Gasteiger partial charge in [0.1, 0.15) is 0 Å². The fraction of sp³-hybridized carbons (Fsp3) is 0.545. The molecule has 0 atom stereocenters. The van der Waals surface area contributed by atoms with Crippen LogP contribution >= 0.6 is 0 Å². The summed E-state index contributed by atoms with van der Waals surface area (Å²) in [6.07, 6.45) is -0.0347. The number of ether oxygens (including phenoxy) is 1. The Morgan fingerprint density at radius 1 is 1.33 bits per heavy atom. The molecule has 0 unspecified atom stereocenters. The molecule has 1 rings (SSSR count). The third-order valence-electron chi connectivity index (χ3n) is 2.02. The third-order valence-corrected chi connectivity index (χ3v) is 2.02. The van der Waals surface area contributed by atoms with Crippen LogP contribution in [0.15, 0.2) is 24.5 Å². The van der Waals surface area contributed by atoms with Crippen molar-refractivity contribution in [2.45, 2.75) is 33.5 Å². The summed E-state index contributed by atoms with van der Waals surface area (Å²) in [6.45, 7) is 4.20. The molecule has 0 aromatic carbocycles. The number of nitrogens with zero attached hydrogens (tertiary/aromatic N) is 1. The first-order chi connectivity index (χ1) is 6.83. The number of aromatic nitrogens is 1. The maximum atomic E-state index is 13.4. The van der Waals surface area contributed by atoms with Gasteiger partial charge in [-0.1, -0.05) is 26.8 Å². The quantitative estimate of drug-likeness (QED) is 0.772. The Bertz CT molecular complexity index is 306. The van der Waals surface area contributed by atoms with Crippen LogP contribution in [-0.2, 0) is 11.3 Å². The molecule has 0 N–H and O–H groups in total. The predicted octanol–water partition coefficient (Wildman–Crippen LogP) is 3.24. The Morgan fingerprint density at radius 3 is 2.47 bits per heavy atom. The number of rotatable bonds is 3. The summed E-state index contributed by atoms with van der Waals surface area (Å²) >= 11 is 0. The monoisotopic (exact) mass is 215 g/mol. The van der Waals surface area contributed by atoms with Gasteiger partial charge in [-0.2, -0.15) is 8.78 Å². The summed E-state index contributed by atoms with van der Waals surface area (Å²) in [4.78, 5) is 3.82. The average Bonchev–Trinajstić information content (AvgIpc) is 2.15. The summed E-state index contributed by atoms with van der Waals surface area (Å²) in [5.74, 6) is 0. The number of pyridine rings is 1. The first-order valence-electron chi connectivity index (χ1n) is 4.73. The highest BCUT2D eigenvalue weighted by atomic mass is 19.3. The van der Waals surface area contributed by atoms with Crippen LogP contribution in [0.25, 0.3) is 0 Å². The maximum Gasteiger partial charge on any atom is 0.360 e. The van der Waals surface area contributed by atoms with Crippen LogP contribution in [0.1, 0.15) is 26.3 Å². The molecule has 84 valence electrons. The Kier molecular flexibility index (Phi) is 3.39. The lowest BCUT2D eigenvalue weighted by molar-refractivity contribution is -0.300. The minimum absolute atomic E-state index is 0.127. The molecular weight excluding hydrogens is 200 g/mol. The van der Waals surface area contributed by atoms with Gasteiger partial charge in [0, 0.05) is 12.4 Å². The van der Waals surface area contributed by atoms with Gasteiger partial charge >= 0.3 is 6.11 Å². The molecular formula is C11H15F2NO. The molecule has 1 heterocycles. The van der Waals surface area contributed by atoms with E-state index in [0.717, 1.165) is 0 Å². The number of hydrogen-bond acceptors (Lipinski definition) is 2. The summed E-state index contributed by atoms with van der Waals surface area (Å²) in [5.41, 5.74) is -0.559. The molecule has 0 saturated heterocycles. The fourth-order valence-corrected chi connectivity index (χ4v) is 0.874. The SMILES string of the molecule is CC(C)(C)C(F)(F)OCc1cccnc1. The lowest BCUT2D eigenvalue weighted by Crippen LogP contribution is -2.36. The third kappa shape index (κ3) is 3.23. The molecule has 2 nitrogen and oxygen atoms in total. The predicted molar refractivity (Wildman–Crippen MR) is 53.4 cm³/mol. The van der Waals surface area contributed by atoms with Gasteiger partial charge < -0.3 is 4.74 Å². The van der Waals surface area contributed by atoms with Gasteiger partial charge in [-0.15, -0.1) is 0 Å². The van der Waals surface area contributed by atoms with E-state index >= 15 is 0 Å². The molecule has 0 bridgehead atoms. The van der Waals surface area contributed by atoms with Crippen molar-refractivity contribution in [2.24, 2.45) is 5.41 Å². The Labute approximate surface area is 88.3 Å². The van der Waals surface area contributed by atoms with E-state index in [4.69, 9.17) is 0 Å². The molecule has 0 aliphatic heterocycles. The van der Waals surface area contributed by atoms with Crippen LogP contribution in [0, 0.1) is 5.41 Å². The van der Waals surface area contributed by atoms with Crippen LogP contribution in [0.2, 0.25) is 0 Å². The lowest BCUT2D eigenvalue weighted by Gasteiger charge is -2.29. The van der Waals surface area contributed by atoms with Gasteiger partial charge in [-0.3, -0.25) is 4.98 Å². The lowest BCUT2D eigenvalue weighted by atomic mass is 9.95. The summed E-state index contributed by atoms with van der Waals surface area (Å²) in [5, 5.41) is 0. The van der Waals surface area contributed by atoms with Crippen molar-refractivity contribution < 1.29 is 13.5 Å². The molecule has 0 spiro atoms. The summed E-state index contributed by atoms with van der Waals surface area (Å²) < 4.78 is 31.4. The molecule has 1 aromatic rings. The number of alkyl halides is 2. The van der Waals surface area contributed by atoms with Crippen molar-refractivity contribution in [3.63, 3.8) is 0 Å². The van der Waals surface area contributed by atoms with Gasteiger partial charge in [-0.25, -0.2) is 0 Å². The number of hydrogen-bond donors (Lipinski definition) is 0. The van der Waals surface area contributed by atoms with E-state index in [1.54, 1.807) is 18.3 Å². The van der Waals surface area contributed by atoms with Crippen molar-refractivity contribution in [3.8, 4) is 0 Å². The Morgan fingerprint density at radius 2 is 2.00 bits per heavy atom. The second-order valence-corrected chi connectivity index (χ2v) is 4.42. The Hall–Kier alpha value is -1.03. The van der Waals surface area contributed by atoms with Crippen LogP contribution in [0.4, 0.5) is 8.78 Å². The van der Waals surface area contributed by atoms with Crippen molar-refractivity contribution in [1.29, 1.82) is 0 Å². The second kappa shape index (κ2) is 4.23. The summed E-state index contributed by atoms with van der Waals surface area (Å²) in [7, 11) is 0. The highest BCUT2D eigenvalue weighted by Gasteiger charge is 2.44. The zero-order chi connectivity index (χ0) is 11.5. The highest BCUT2D eigenvalue weighted by molar-refractivity contribution is 5.06. The van der Waals surface area contributed by atoms with Crippen molar-refractivity contribution >= 4 is 0 Å². The van der Waals surface area contributed by atoms with E-state index in [-0.39, 0.29) is 6.61 Å². The van der Waals surface area contributed by atoms with Crippen LogP contribution < -0.4 is 0 Å². The van der Waals surface area contributed by atoms with Crippen LogP contribution in [-0.4, -0.2) is 11.1 Å². The normalized spacial score (nSPS) is 12.9. The first-order valence-corrected chi connectivity index (χ1v) is 4.73.